The average Bonchev–Trinajstić information content (AvgIpc) is 2.83. The fraction of sp³-hybridized carbons (Fsp3) is 0.455. The van der Waals surface area contributed by atoms with Gasteiger partial charge in [-0.15, -0.1) is 0 Å². The monoisotopic (exact) mass is 363 g/mol. The van der Waals surface area contributed by atoms with Crippen LogP contribution in [-0.4, -0.2) is 31.7 Å². The Morgan fingerprint density at radius 2 is 2.25 bits per heavy atom. The van der Waals surface area contributed by atoms with Crippen LogP contribution in [0.2, 0.25) is 0 Å². The minimum atomic E-state index is -3.49. The van der Waals surface area contributed by atoms with Crippen molar-refractivity contribution in [2.75, 3.05) is 17.0 Å². The second kappa shape index (κ2) is 6.06. The molecule has 0 aromatic heterocycles. The summed E-state index contributed by atoms with van der Waals surface area (Å²) in [6, 6.07) is 3.87. The number of nitro benzene ring substituents is 1. The highest BCUT2D eigenvalue weighted by atomic mass is 79.9. The highest BCUT2D eigenvalue weighted by Crippen LogP contribution is 2.28. The van der Waals surface area contributed by atoms with Gasteiger partial charge in [-0.3, -0.25) is 14.8 Å². The van der Waals surface area contributed by atoms with Gasteiger partial charge in [0, 0.05) is 22.6 Å². The standard InChI is InChI=1S/C11H14BrN3O4S/c12-10-6-9(15(16)17)3-4-11(10)14-20(18,19)7-8-2-1-5-13-8/h3-4,6,8,13-14H,1-2,5,7H2. The maximum Gasteiger partial charge on any atom is 0.270 e. The summed E-state index contributed by atoms with van der Waals surface area (Å²) in [5.41, 5.74) is 0.200. The van der Waals surface area contributed by atoms with Gasteiger partial charge < -0.3 is 5.32 Å². The van der Waals surface area contributed by atoms with Crippen LogP contribution in [0.4, 0.5) is 11.4 Å². The average molecular weight is 364 g/mol. The highest BCUT2D eigenvalue weighted by molar-refractivity contribution is 9.10. The van der Waals surface area contributed by atoms with E-state index in [2.05, 4.69) is 26.0 Å². The van der Waals surface area contributed by atoms with Gasteiger partial charge in [0.2, 0.25) is 10.0 Å². The molecule has 1 aromatic rings. The Morgan fingerprint density at radius 1 is 1.50 bits per heavy atom. The molecule has 1 heterocycles. The van der Waals surface area contributed by atoms with E-state index in [1.54, 1.807) is 0 Å². The van der Waals surface area contributed by atoms with E-state index in [9.17, 15) is 18.5 Å². The third-order valence-electron chi connectivity index (χ3n) is 3.01. The van der Waals surface area contributed by atoms with Gasteiger partial charge in [0.15, 0.2) is 0 Å². The molecule has 1 aromatic carbocycles. The number of rotatable bonds is 5. The van der Waals surface area contributed by atoms with Crippen LogP contribution >= 0.6 is 15.9 Å². The van der Waals surface area contributed by atoms with Gasteiger partial charge in [0.25, 0.3) is 5.69 Å². The Kier molecular flexibility index (Phi) is 4.61. The van der Waals surface area contributed by atoms with Crippen LogP contribution in [0.3, 0.4) is 0 Å². The van der Waals surface area contributed by atoms with E-state index in [0.717, 1.165) is 19.4 Å². The molecule has 0 amide bonds. The molecule has 110 valence electrons. The topological polar surface area (TPSA) is 101 Å². The molecule has 0 bridgehead atoms. The molecule has 1 atom stereocenters. The predicted molar refractivity (Wildman–Crippen MR) is 79.2 cm³/mol. The van der Waals surface area contributed by atoms with Crippen LogP contribution in [0.1, 0.15) is 12.8 Å². The van der Waals surface area contributed by atoms with Crippen LogP contribution in [0.25, 0.3) is 0 Å². The number of sulfonamides is 1. The number of nitrogens with one attached hydrogen (secondary N) is 2. The first-order valence-corrected chi connectivity index (χ1v) is 8.50. The van der Waals surface area contributed by atoms with Crippen molar-refractivity contribution in [3.05, 3.63) is 32.8 Å². The molecule has 0 spiro atoms. The molecule has 1 fully saturated rings. The van der Waals surface area contributed by atoms with Gasteiger partial charge in [0.05, 0.1) is 16.4 Å². The predicted octanol–water partition coefficient (Wildman–Crippen LogP) is 1.85. The first kappa shape index (κ1) is 15.2. The van der Waals surface area contributed by atoms with Crippen molar-refractivity contribution in [1.29, 1.82) is 0 Å². The first-order valence-electron chi connectivity index (χ1n) is 6.05. The molecule has 7 nitrogen and oxygen atoms in total. The normalized spacial score (nSPS) is 18.9. The van der Waals surface area contributed by atoms with Crippen LogP contribution in [-0.2, 0) is 10.0 Å². The van der Waals surface area contributed by atoms with Crippen molar-refractivity contribution in [2.24, 2.45) is 0 Å². The number of non-ortho nitro benzene ring substituents is 1. The summed E-state index contributed by atoms with van der Waals surface area (Å²) in [6.45, 7) is 0.835. The van der Waals surface area contributed by atoms with Crippen molar-refractivity contribution in [3.8, 4) is 0 Å². The van der Waals surface area contributed by atoms with E-state index in [0.29, 0.717) is 10.2 Å². The highest BCUT2D eigenvalue weighted by Gasteiger charge is 2.23. The summed E-state index contributed by atoms with van der Waals surface area (Å²) in [4.78, 5) is 10.1. The second-order valence-electron chi connectivity index (χ2n) is 4.60. The van der Waals surface area contributed by atoms with Gasteiger partial charge in [-0.1, -0.05) is 0 Å². The lowest BCUT2D eigenvalue weighted by molar-refractivity contribution is -0.384. The molecule has 1 aliphatic rings. The van der Waals surface area contributed by atoms with Crippen LogP contribution in [0.5, 0.6) is 0 Å². The van der Waals surface area contributed by atoms with E-state index in [4.69, 9.17) is 0 Å². The number of nitrogens with zero attached hydrogens (tertiary/aromatic N) is 1. The molecule has 20 heavy (non-hydrogen) atoms. The Morgan fingerprint density at radius 3 is 2.80 bits per heavy atom. The zero-order valence-electron chi connectivity index (χ0n) is 10.5. The summed E-state index contributed by atoms with van der Waals surface area (Å²) in [6.07, 6.45) is 1.81. The molecule has 9 heteroatoms. The Labute approximate surface area is 125 Å². The summed E-state index contributed by atoms with van der Waals surface area (Å²) in [5, 5.41) is 13.7. The summed E-state index contributed by atoms with van der Waals surface area (Å²) < 4.78 is 26.8. The number of nitro groups is 1. The first-order chi connectivity index (χ1) is 9.37. The van der Waals surface area contributed by atoms with Crippen molar-refractivity contribution < 1.29 is 13.3 Å². The molecule has 2 N–H and O–H groups in total. The van der Waals surface area contributed by atoms with Crippen molar-refractivity contribution in [3.63, 3.8) is 0 Å². The van der Waals surface area contributed by atoms with E-state index in [1.807, 2.05) is 0 Å². The zero-order valence-corrected chi connectivity index (χ0v) is 12.9. The molecule has 0 radical (unpaired) electrons. The molecule has 1 unspecified atom stereocenters. The fourth-order valence-corrected chi connectivity index (χ4v) is 4.08. The lowest BCUT2D eigenvalue weighted by Crippen LogP contribution is -2.32. The van der Waals surface area contributed by atoms with Crippen LogP contribution in [0.15, 0.2) is 22.7 Å². The second-order valence-corrected chi connectivity index (χ2v) is 7.22. The maximum atomic E-state index is 12.0. The summed E-state index contributed by atoms with van der Waals surface area (Å²) in [5.74, 6) is -0.00354. The molecular formula is C11H14BrN3O4S. The quantitative estimate of drug-likeness (QED) is 0.613. The smallest absolute Gasteiger partial charge is 0.270 e. The molecule has 1 saturated heterocycles. The molecule has 0 aliphatic carbocycles. The third kappa shape index (κ3) is 3.90. The Bertz CT molecular complexity index is 614. The Balaban J connectivity index is 2.10. The number of halogens is 1. The van der Waals surface area contributed by atoms with Gasteiger partial charge in [-0.25, -0.2) is 8.42 Å². The minimum Gasteiger partial charge on any atom is -0.313 e. The van der Waals surface area contributed by atoms with E-state index >= 15 is 0 Å². The van der Waals surface area contributed by atoms with Crippen molar-refractivity contribution in [1.82, 2.24) is 5.32 Å². The van der Waals surface area contributed by atoms with Crippen molar-refractivity contribution >= 4 is 37.3 Å². The van der Waals surface area contributed by atoms with Gasteiger partial charge in [-0.05, 0) is 41.4 Å². The largest absolute Gasteiger partial charge is 0.313 e. The van der Waals surface area contributed by atoms with E-state index in [1.165, 1.54) is 18.2 Å². The lowest BCUT2D eigenvalue weighted by atomic mass is 10.3. The fourth-order valence-electron chi connectivity index (χ4n) is 2.07. The van der Waals surface area contributed by atoms with Gasteiger partial charge in [-0.2, -0.15) is 0 Å². The van der Waals surface area contributed by atoms with E-state index < -0.39 is 14.9 Å². The maximum absolute atomic E-state index is 12.0. The molecule has 1 aliphatic heterocycles. The summed E-state index contributed by atoms with van der Waals surface area (Å²) >= 11 is 3.13. The summed E-state index contributed by atoms with van der Waals surface area (Å²) in [7, 11) is -3.49. The van der Waals surface area contributed by atoms with E-state index in [-0.39, 0.29) is 17.5 Å². The molecular weight excluding hydrogens is 350 g/mol. The van der Waals surface area contributed by atoms with Gasteiger partial charge >= 0.3 is 0 Å². The van der Waals surface area contributed by atoms with Gasteiger partial charge in [0.1, 0.15) is 0 Å². The van der Waals surface area contributed by atoms with Crippen LogP contribution < -0.4 is 10.0 Å². The molecule has 2 rings (SSSR count). The third-order valence-corrected chi connectivity index (χ3v) is 5.04. The SMILES string of the molecule is O=[N+]([O-])c1ccc(NS(=O)(=O)CC2CCCN2)c(Br)c1. The zero-order chi connectivity index (χ0) is 14.8. The van der Waals surface area contributed by atoms with Crippen LogP contribution in [0, 0.1) is 10.1 Å². The van der Waals surface area contributed by atoms with Crippen molar-refractivity contribution in [2.45, 2.75) is 18.9 Å². The number of anilines is 1. The number of benzene rings is 1. The lowest BCUT2D eigenvalue weighted by Gasteiger charge is -2.13. The number of hydrogen-bond donors (Lipinski definition) is 2. The number of hydrogen-bond acceptors (Lipinski definition) is 5. The minimum absolute atomic E-state index is 0.00354. The molecule has 0 saturated carbocycles. The Hall–Kier alpha value is -1.19.